The average Bonchev–Trinajstić information content (AvgIpc) is 2.64. The third kappa shape index (κ3) is 2.20. The molecule has 15 heavy (non-hydrogen) atoms. The zero-order valence-corrected chi connectivity index (χ0v) is 10.3. The topological polar surface area (TPSA) is 47.8 Å². The highest BCUT2D eigenvalue weighted by molar-refractivity contribution is 8.07. The highest BCUT2D eigenvalue weighted by atomic mass is 32.2. The van der Waals surface area contributed by atoms with E-state index < -0.39 is 0 Å². The summed E-state index contributed by atoms with van der Waals surface area (Å²) >= 11 is 3.59. The monoisotopic (exact) mass is 243 g/mol. The Morgan fingerprint density at radius 2 is 2.27 bits per heavy atom. The van der Waals surface area contributed by atoms with Gasteiger partial charge in [0.2, 0.25) is 11.6 Å². The van der Waals surface area contributed by atoms with Crippen LogP contribution in [-0.2, 0) is 7.05 Å². The molecule has 1 aromatic rings. The van der Waals surface area contributed by atoms with Crippen LogP contribution in [0, 0.1) is 0 Å². The van der Waals surface area contributed by atoms with Crippen molar-refractivity contribution in [3.8, 4) is 0 Å². The van der Waals surface area contributed by atoms with Crippen molar-refractivity contribution in [2.75, 3.05) is 11.5 Å². The molecule has 0 aliphatic carbocycles. The minimum absolute atomic E-state index is 0.0339. The lowest BCUT2D eigenvalue weighted by Gasteiger charge is -2.25. The Hall–Kier alpha value is -0.490. The van der Waals surface area contributed by atoms with Crippen LogP contribution < -0.4 is 0 Å². The van der Waals surface area contributed by atoms with E-state index >= 15 is 0 Å². The first-order valence-electron chi connectivity index (χ1n) is 4.81. The molecule has 0 spiro atoms. The van der Waals surface area contributed by atoms with Gasteiger partial charge < -0.3 is 4.57 Å². The van der Waals surface area contributed by atoms with E-state index in [1.54, 1.807) is 29.7 Å². The molecular formula is C9H13N3OS2. The third-order valence-electron chi connectivity index (χ3n) is 2.38. The Balaban J connectivity index is 2.17. The van der Waals surface area contributed by atoms with Crippen LogP contribution >= 0.6 is 23.5 Å². The van der Waals surface area contributed by atoms with Crippen LogP contribution in [0.2, 0.25) is 0 Å². The van der Waals surface area contributed by atoms with Crippen LogP contribution in [0.5, 0.6) is 0 Å². The molecule has 2 unspecified atom stereocenters. The summed E-state index contributed by atoms with van der Waals surface area (Å²) in [4.78, 5) is 12.1. The van der Waals surface area contributed by atoms with Crippen molar-refractivity contribution in [3.05, 3.63) is 12.2 Å². The molecule has 6 heteroatoms. The maximum absolute atomic E-state index is 12.1. The van der Waals surface area contributed by atoms with Gasteiger partial charge in [0.1, 0.15) is 6.33 Å². The largest absolute Gasteiger partial charge is 0.314 e. The molecule has 0 bridgehead atoms. The van der Waals surface area contributed by atoms with Gasteiger partial charge in [-0.05, 0) is 0 Å². The van der Waals surface area contributed by atoms with Crippen molar-refractivity contribution >= 4 is 29.3 Å². The second-order valence-electron chi connectivity index (χ2n) is 3.50. The summed E-state index contributed by atoms with van der Waals surface area (Å²) in [6.45, 7) is 2.11. The standard InChI is InChI=1S/C9H13N3OS2/c1-6-8(15-4-3-14-6)7(13)9-11-10-5-12(9)2/h5-6,8H,3-4H2,1-2H3. The van der Waals surface area contributed by atoms with Gasteiger partial charge in [0.05, 0.1) is 5.25 Å². The average molecular weight is 243 g/mol. The zero-order valence-electron chi connectivity index (χ0n) is 8.71. The number of carbonyl (C=O) groups excluding carboxylic acids is 1. The molecule has 0 radical (unpaired) electrons. The lowest BCUT2D eigenvalue weighted by molar-refractivity contribution is 0.0976. The Kier molecular flexibility index (Phi) is 3.35. The van der Waals surface area contributed by atoms with E-state index in [0.29, 0.717) is 11.1 Å². The molecule has 2 heterocycles. The van der Waals surface area contributed by atoms with Gasteiger partial charge in [0.25, 0.3) is 0 Å². The second-order valence-corrected chi connectivity index (χ2v) is 6.23. The summed E-state index contributed by atoms with van der Waals surface area (Å²) in [6, 6.07) is 0. The van der Waals surface area contributed by atoms with Crippen LogP contribution in [-0.4, -0.2) is 42.6 Å². The fourth-order valence-electron chi connectivity index (χ4n) is 1.55. The number of thioether (sulfide) groups is 2. The number of hydrogen-bond donors (Lipinski definition) is 0. The first-order valence-corrected chi connectivity index (χ1v) is 6.91. The van der Waals surface area contributed by atoms with Crippen molar-refractivity contribution in [2.45, 2.75) is 17.4 Å². The Morgan fingerprint density at radius 1 is 1.53 bits per heavy atom. The molecule has 0 amide bonds. The summed E-state index contributed by atoms with van der Waals surface area (Å²) < 4.78 is 1.69. The molecule has 1 aromatic heterocycles. The van der Waals surface area contributed by atoms with Crippen molar-refractivity contribution in [1.82, 2.24) is 14.8 Å². The third-order valence-corrected chi connectivity index (χ3v) is 5.47. The maximum Gasteiger partial charge on any atom is 0.214 e. The minimum atomic E-state index is 0.0339. The molecule has 2 atom stereocenters. The van der Waals surface area contributed by atoms with Crippen LogP contribution in [0.15, 0.2) is 6.33 Å². The molecular weight excluding hydrogens is 230 g/mol. The van der Waals surface area contributed by atoms with Crippen molar-refractivity contribution < 1.29 is 4.79 Å². The van der Waals surface area contributed by atoms with Gasteiger partial charge in [-0.1, -0.05) is 6.92 Å². The number of hydrogen-bond acceptors (Lipinski definition) is 5. The molecule has 0 aromatic carbocycles. The van der Waals surface area contributed by atoms with Gasteiger partial charge in [-0.3, -0.25) is 4.79 Å². The number of aromatic nitrogens is 3. The first-order chi connectivity index (χ1) is 7.20. The van der Waals surface area contributed by atoms with E-state index in [1.807, 2.05) is 11.8 Å². The SMILES string of the molecule is CC1SCCSC1C(=O)c1nncn1C. The number of rotatable bonds is 2. The second kappa shape index (κ2) is 4.57. The summed E-state index contributed by atoms with van der Waals surface area (Å²) in [7, 11) is 1.80. The summed E-state index contributed by atoms with van der Waals surface area (Å²) in [5.74, 6) is 2.76. The predicted molar refractivity (Wildman–Crippen MR) is 63.5 cm³/mol. The van der Waals surface area contributed by atoms with Crippen molar-refractivity contribution in [1.29, 1.82) is 0 Å². The lowest BCUT2D eigenvalue weighted by Crippen LogP contribution is -2.32. The Labute approximate surface area is 97.2 Å². The number of carbonyl (C=O) groups is 1. The molecule has 82 valence electrons. The Bertz CT molecular complexity index is 366. The molecule has 1 aliphatic heterocycles. The highest BCUT2D eigenvalue weighted by Gasteiger charge is 2.31. The fraction of sp³-hybridized carbons (Fsp3) is 0.667. The van der Waals surface area contributed by atoms with E-state index in [1.165, 1.54) is 0 Å². The normalized spacial score (nSPS) is 26.5. The van der Waals surface area contributed by atoms with E-state index in [4.69, 9.17) is 0 Å². The molecule has 1 aliphatic rings. The van der Waals surface area contributed by atoms with E-state index in [-0.39, 0.29) is 11.0 Å². The van der Waals surface area contributed by atoms with Crippen molar-refractivity contribution in [2.24, 2.45) is 7.05 Å². The summed E-state index contributed by atoms with van der Waals surface area (Å²) in [6.07, 6.45) is 1.57. The summed E-state index contributed by atoms with van der Waals surface area (Å²) in [5, 5.41) is 8.01. The van der Waals surface area contributed by atoms with Crippen LogP contribution in [0.4, 0.5) is 0 Å². The van der Waals surface area contributed by atoms with E-state index in [2.05, 4.69) is 17.1 Å². The highest BCUT2D eigenvalue weighted by Crippen LogP contribution is 2.32. The van der Waals surface area contributed by atoms with Crippen LogP contribution in [0.3, 0.4) is 0 Å². The minimum Gasteiger partial charge on any atom is -0.314 e. The van der Waals surface area contributed by atoms with E-state index in [9.17, 15) is 4.79 Å². The molecule has 4 nitrogen and oxygen atoms in total. The maximum atomic E-state index is 12.1. The van der Waals surface area contributed by atoms with E-state index in [0.717, 1.165) is 11.5 Å². The van der Waals surface area contributed by atoms with Crippen molar-refractivity contribution in [3.63, 3.8) is 0 Å². The number of nitrogens with zero attached hydrogens (tertiary/aromatic N) is 3. The number of Topliss-reactive ketones (excluding diaryl/α,β-unsaturated/α-hetero) is 1. The fourth-order valence-corrected chi connectivity index (χ4v) is 4.25. The van der Waals surface area contributed by atoms with Crippen LogP contribution in [0.1, 0.15) is 17.5 Å². The summed E-state index contributed by atoms with van der Waals surface area (Å²) in [5.41, 5.74) is 0. The molecule has 0 saturated carbocycles. The quantitative estimate of drug-likeness (QED) is 0.731. The first kappa shape index (κ1) is 11.0. The number of aryl methyl sites for hydroxylation is 1. The Morgan fingerprint density at radius 3 is 2.87 bits per heavy atom. The van der Waals surface area contributed by atoms with Gasteiger partial charge in [-0.15, -0.1) is 22.0 Å². The molecule has 1 fully saturated rings. The van der Waals surface area contributed by atoms with Crippen LogP contribution in [0.25, 0.3) is 0 Å². The zero-order chi connectivity index (χ0) is 10.8. The molecule has 0 N–H and O–H groups in total. The van der Waals surface area contributed by atoms with Gasteiger partial charge in [-0.2, -0.15) is 11.8 Å². The van der Waals surface area contributed by atoms with Gasteiger partial charge in [0, 0.05) is 23.8 Å². The smallest absolute Gasteiger partial charge is 0.214 e. The lowest BCUT2D eigenvalue weighted by atomic mass is 10.2. The number of ketones is 1. The van der Waals surface area contributed by atoms with Gasteiger partial charge in [-0.25, -0.2) is 0 Å². The molecule has 2 rings (SSSR count). The predicted octanol–water partition coefficient (Wildman–Crippen LogP) is 1.23. The van der Waals surface area contributed by atoms with Gasteiger partial charge in [0.15, 0.2) is 0 Å². The molecule has 1 saturated heterocycles. The van der Waals surface area contributed by atoms with Gasteiger partial charge >= 0.3 is 0 Å².